The Bertz CT molecular complexity index is 416. The Labute approximate surface area is 113 Å². The molecule has 0 aliphatic heterocycles. The van der Waals surface area contributed by atoms with E-state index in [0.29, 0.717) is 6.61 Å². The van der Waals surface area contributed by atoms with Gasteiger partial charge in [0, 0.05) is 6.54 Å². The molecule has 1 rings (SSSR count). The van der Waals surface area contributed by atoms with E-state index < -0.39 is 12.8 Å². The fourth-order valence-corrected chi connectivity index (χ4v) is 1.13. The van der Waals surface area contributed by atoms with Crippen molar-refractivity contribution in [1.82, 2.24) is 15.0 Å². The molecule has 0 aliphatic rings. The van der Waals surface area contributed by atoms with Crippen LogP contribution in [0.5, 0.6) is 6.01 Å². The molecule has 3 N–H and O–H groups in total. The molecule has 7 nitrogen and oxygen atoms in total. The van der Waals surface area contributed by atoms with Gasteiger partial charge in [-0.2, -0.15) is 28.1 Å². The summed E-state index contributed by atoms with van der Waals surface area (Å²) in [6.45, 7) is 1.02. The SMILES string of the molecule is CCCOc1nc(N)nc(NCCOCC(F)(F)F)n1. The summed E-state index contributed by atoms with van der Waals surface area (Å²) in [6, 6.07) is 0.0676. The number of nitrogens with two attached hydrogens (primary N) is 1. The van der Waals surface area contributed by atoms with Crippen molar-refractivity contribution < 1.29 is 22.6 Å². The van der Waals surface area contributed by atoms with Crippen molar-refractivity contribution in [1.29, 1.82) is 0 Å². The summed E-state index contributed by atoms with van der Waals surface area (Å²) in [6.07, 6.45) is -3.56. The van der Waals surface area contributed by atoms with Gasteiger partial charge in [0.1, 0.15) is 6.61 Å². The summed E-state index contributed by atoms with van der Waals surface area (Å²) < 4.78 is 45.1. The molecule has 114 valence electrons. The first-order chi connectivity index (χ1) is 9.40. The first kappa shape index (κ1) is 16.2. The van der Waals surface area contributed by atoms with Gasteiger partial charge in [-0.15, -0.1) is 0 Å². The van der Waals surface area contributed by atoms with Crippen LogP contribution in [0.3, 0.4) is 0 Å². The molecule has 0 aromatic carbocycles. The summed E-state index contributed by atoms with van der Waals surface area (Å²) in [7, 11) is 0. The minimum Gasteiger partial charge on any atom is -0.463 e. The van der Waals surface area contributed by atoms with Crippen LogP contribution in [-0.4, -0.2) is 47.5 Å². The number of hydrogen-bond donors (Lipinski definition) is 2. The van der Waals surface area contributed by atoms with Crippen molar-refractivity contribution in [2.75, 3.05) is 37.4 Å². The number of nitrogens with one attached hydrogen (secondary N) is 1. The van der Waals surface area contributed by atoms with Crippen molar-refractivity contribution in [2.45, 2.75) is 19.5 Å². The molecule has 10 heteroatoms. The van der Waals surface area contributed by atoms with Gasteiger partial charge in [0.2, 0.25) is 11.9 Å². The van der Waals surface area contributed by atoms with Gasteiger partial charge < -0.3 is 20.5 Å². The molecule has 1 heterocycles. The summed E-state index contributed by atoms with van der Waals surface area (Å²) >= 11 is 0. The van der Waals surface area contributed by atoms with E-state index in [0.717, 1.165) is 6.42 Å². The lowest BCUT2D eigenvalue weighted by molar-refractivity contribution is -0.172. The summed E-state index contributed by atoms with van der Waals surface area (Å²) in [4.78, 5) is 11.4. The number of aromatic nitrogens is 3. The Morgan fingerprint density at radius 1 is 1.20 bits per heavy atom. The molecule has 1 aromatic rings. The molecule has 0 saturated carbocycles. The molecular weight excluding hydrogens is 279 g/mol. The molecule has 0 radical (unpaired) electrons. The molecule has 0 unspecified atom stereocenters. The smallest absolute Gasteiger partial charge is 0.411 e. The molecule has 0 spiro atoms. The Kier molecular flexibility index (Phi) is 6.22. The average molecular weight is 295 g/mol. The topological polar surface area (TPSA) is 95.2 Å². The lowest BCUT2D eigenvalue weighted by atomic mass is 10.5. The monoisotopic (exact) mass is 295 g/mol. The van der Waals surface area contributed by atoms with Gasteiger partial charge in [0.05, 0.1) is 13.2 Å². The second-order valence-electron chi connectivity index (χ2n) is 3.74. The third-order valence-corrected chi connectivity index (χ3v) is 1.86. The first-order valence-corrected chi connectivity index (χ1v) is 5.93. The van der Waals surface area contributed by atoms with E-state index in [-0.39, 0.29) is 31.1 Å². The van der Waals surface area contributed by atoms with Crippen LogP contribution in [0, 0.1) is 0 Å². The number of ether oxygens (including phenoxy) is 2. The summed E-state index contributed by atoms with van der Waals surface area (Å²) in [5.74, 6) is 0.0871. The lowest BCUT2D eigenvalue weighted by Crippen LogP contribution is -2.20. The fraction of sp³-hybridized carbons (Fsp3) is 0.700. The van der Waals surface area contributed by atoms with Crippen molar-refractivity contribution in [3.63, 3.8) is 0 Å². The lowest BCUT2D eigenvalue weighted by Gasteiger charge is -2.09. The summed E-state index contributed by atoms with van der Waals surface area (Å²) in [5.41, 5.74) is 5.46. The highest BCUT2D eigenvalue weighted by Crippen LogP contribution is 2.14. The molecule has 0 fully saturated rings. The van der Waals surface area contributed by atoms with Gasteiger partial charge in [0.15, 0.2) is 0 Å². The average Bonchev–Trinajstić information content (AvgIpc) is 2.34. The maximum absolute atomic E-state index is 11.8. The predicted octanol–water partition coefficient (Wildman–Crippen LogP) is 1.23. The zero-order chi connectivity index (χ0) is 15.0. The van der Waals surface area contributed by atoms with Crippen molar-refractivity contribution in [3.05, 3.63) is 0 Å². The van der Waals surface area contributed by atoms with Crippen LogP contribution in [-0.2, 0) is 4.74 Å². The number of hydrogen-bond acceptors (Lipinski definition) is 7. The molecule has 0 aliphatic carbocycles. The van der Waals surface area contributed by atoms with Crippen LogP contribution in [0.25, 0.3) is 0 Å². The van der Waals surface area contributed by atoms with Crippen LogP contribution in [0.15, 0.2) is 0 Å². The standard InChI is InChI=1S/C10H16F3N5O2/c1-2-4-20-9-17-7(14)16-8(18-9)15-3-5-19-6-10(11,12)13/h2-6H2,1H3,(H3,14,15,16,17,18). The molecule has 0 amide bonds. The summed E-state index contributed by atoms with van der Waals surface area (Å²) in [5, 5.41) is 2.67. The zero-order valence-electron chi connectivity index (χ0n) is 10.9. The van der Waals surface area contributed by atoms with Crippen LogP contribution in [0.4, 0.5) is 25.1 Å². The number of nitrogen functional groups attached to an aromatic ring is 1. The second-order valence-corrected chi connectivity index (χ2v) is 3.74. The quantitative estimate of drug-likeness (QED) is 0.696. The fourth-order valence-electron chi connectivity index (χ4n) is 1.13. The maximum atomic E-state index is 11.8. The highest BCUT2D eigenvalue weighted by Gasteiger charge is 2.27. The van der Waals surface area contributed by atoms with Gasteiger partial charge in [-0.3, -0.25) is 0 Å². The highest BCUT2D eigenvalue weighted by atomic mass is 19.4. The number of halogens is 3. The number of anilines is 2. The van der Waals surface area contributed by atoms with Gasteiger partial charge in [0.25, 0.3) is 0 Å². The minimum atomic E-state index is -4.33. The van der Waals surface area contributed by atoms with Gasteiger partial charge in [-0.1, -0.05) is 6.92 Å². The third kappa shape index (κ3) is 6.92. The van der Waals surface area contributed by atoms with E-state index in [1.165, 1.54) is 0 Å². The third-order valence-electron chi connectivity index (χ3n) is 1.86. The van der Waals surface area contributed by atoms with Crippen LogP contribution in [0.1, 0.15) is 13.3 Å². The van der Waals surface area contributed by atoms with E-state index in [1.54, 1.807) is 0 Å². The van der Waals surface area contributed by atoms with Crippen LogP contribution >= 0.6 is 0 Å². The van der Waals surface area contributed by atoms with Gasteiger partial charge in [-0.05, 0) is 6.42 Å². The van der Waals surface area contributed by atoms with Crippen molar-refractivity contribution in [3.8, 4) is 6.01 Å². The molecule has 0 saturated heterocycles. The molecule has 20 heavy (non-hydrogen) atoms. The van der Waals surface area contributed by atoms with Crippen molar-refractivity contribution in [2.24, 2.45) is 0 Å². The van der Waals surface area contributed by atoms with Crippen LogP contribution < -0.4 is 15.8 Å². The molecule has 0 bridgehead atoms. The van der Waals surface area contributed by atoms with Crippen molar-refractivity contribution >= 4 is 11.9 Å². The largest absolute Gasteiger partial charge is 0.463 e. The Balaban J connectivity index is 2.37. The number of nitrogens with zero attached hydrogens (tertiary/aromatic N) is 3. The van der Waals surface area contributed by atoms with E-state index in [2.05, 4.69) is 25.0 Å². The predicted molar refractivity (Wildman–Crippen MR) is 65.4 cm³/mol. The minimum absolute atomic E-state index is 0.0372. The molecular formula is C10H16F3N5O2. The normalized spacial score (nSPS) is 11.4. The van der Waals surface area contributed by atoms with Gasteiger partial charge >= 0.3 is 12.2 Å². The Hall–Kier alpha value is -1.84. The van der Waals surface area contributed by atoms with E-state index in [9.17, 15) is 13.2 Å². The number of alkyl halides is 3. The maximum Gasteiger partial charge on any atom is 0.411 e. The first-order valence-electron chi connectivity index (χ1n) is 5.93. The Morgan fingerprint density at radius 3 is 2.60 bits per heavy atom. The molecule has 0 atom stereocenters. The Morgan fingerprint density at radius 2 is 1.95 bits per heavy atom. The van der Waals surface area contributed by atoms with Gasteiger partial charge in [-0.25, -0.2) is 0 Å². The van der Waals surface area contributed by atoms with E-state index in [4.69, 9.17) is 10.5 Å². The van der Waals surface area contributed by atoms with Crippen LogP contribution in [0.2, 0.25) is 0 Å². The molecule has 1 aromatic heterocycles. The second kappa shape index (κ2) is 7.68. The van der Waals surface area contributed by atoms with E-state index in [1.807, 2.05) is 6.92 Å². The number of rotatable bonds is 8. The van der Waals surface area contributed by atoms with E-state index >= 15 is 0 Å². The zero-order valence-corrected chi connectivity index (χ0v) is 10.9. The highest BCUT2D eigenvalue weighted by molar-refractivity contribution is 5.32.